The number of aliphatic carboxylic acids is 1. The van der Waals surface area contributed by atoms with Gasteiger partial charge in [-0.15, -0.1) is 0 Å². The Kier molecular flexibility index (Phi) is 4.09. The van der Waals surface area contributed by atoms with Crippen LogP contribution in [0.1, 0.15) is 18.5 Å². The smallest absolute Gasteiger partial charge is 0.306 e. The summed E-state index contributed by atoms with van der Waals surface area (Å²) in [6.45, 7) is 2.90. The molecule has 0 saturated carbocycles. The van der Waals surface area contributed by atoms with Crippen LogP contribution < -0.4 is 0 Å². The molecule has 1 aliphatic rings. The zero-order valence-corrected chi connectivity index (χ0v) is 11.4. The van der Waals surface area contributed by atoms with Crippen LogP contribution >= 0.6 is 11.6 Å². The molecule has 0 atom stereocenters. The lowest BCUT2D eigenvalue weighted by Gasteiger charge is -2.30. The maximum Gasteiger partial charge on any atom is 0.306 e. The third kappa shape index (κ3) is 3.26. The number of amides is 1. The van der Waals surface area contributed by atoms with Gasteiger partial charge < -0.3 is 10.0 Å². The Balaban J connectivity index is 1.89. The molecule has 7 heteroatoms. The summed E-state index contributed by atoms with van der Waals surface area (Å²) >= 11 is 5.88. The molecule has 0 bridgehead atoms. The van der Waals surface area contributed by atoms with Gasteiger partial charge in [0.1, 0.15) is 6.54 Å². The number of nitrogens with zero attached hydrogens (tertiary/aromatic N) is 3. The summed E-state index contributed by atoms with van der Waals surface area (Å²) in [6.07, 6.45) is 2.65. The van der Waals surface area contributed by atoms with Gasteiger partial charge in [0.05, 0.1) is 16.6 Å². The SMILES string of the molecule is Cc1nn(CC(=O)N2CCC(C(=O)O)CC2)cc1Cl. The summed E-state index contributed by atoms with van der Waals surface area (Å²) in [5.41, 5.74) is 0.694. The molecule has 1 amide bonds. The van der Waals surface area contributed by atoms with E-state index in [0.717, 1.165) is 0 Å². The summed E-state index contributed by atoms with van der Waals surface area (Å²) in [6, 6.07) is 0. The third-order valence-corrected chi connectivity index (χ3v) is 3.75. The second kappa shape index (κ2) is 5.61. The summed E-state index contributed by atoms with van der Waals surface area (Å²) in [5.74, 6) is -1.16. The van der Waals surface area contributed by atoms with Crippen molar-refractivity contribution in [2.75, 3.05) is 13.1 Å². The predicted molar refractivity (Wildman–Crippen MR) is 68.9 cm³/mol. The second-order valence-electron chi connectivity index (χ2n) is 4.75. The molecule has 1 N–H and O–H groups in total. The molecule has 6 nitrogen and oxygen atoms in total. The molecule has 1 saturated heterocycles. The van der Waals surface area contributed by atoms with Crippen molar-refractivity contribution in [2.45, 2.75) is 26.3 Å². The minimum atomic E-state index is -0.776. The fraction of sp³-hybridized carbons (Fsp3) is 0.583. The Labute approximate surface area is 115 Å². The number of hydrogen-bond donors (Lipinski definition) is 1. The molecule has 0 aromatic carbocycles. The molecule has 19 heavy (non-hydrogen) atoms. The molecule has 1 fully saturated rings. The fourth-order valence-corrected chi connectivity index (χ4v) is 2.34. The number of halogens is 1. The van der Waals surface area contributed by atoms with Gasteiger partial charge in [-0.2, -0.15) is 5.10 Å². The maximum absolute atomic E-state index is 12.0. The van der Waals surface area contributed by atoms with Gasteiger partial charge >= 0.3 is 5.97 Å². The number of aromatic nitrogens is 2. The highest BCUT2D eigenvalue weighted by molar-refractivity contribution is 6.31. The van der Waals surface area contributed by atoms with Crippen LogP contribution in [0.2, 0.25) is 5.02 Å². The molecule has 0 unspecified atom stereocenters. The van der Waals surface area contributed by atoms with Crippen molar-refractivity contribution in [1.82, 2.24) is 14.7 Å². The number of piperidine rings is 1. The number of hydrogen-bond acceptors (Lipinski definition) is 3. The Bertz CT molecular complexity index is 473. The van der Waals surface area contributed by atoms with Crippen molar-refractivity contribution >= 4 is 23.5 Å². The zero-order chi connectivity index (χ0) is 14.0. The number of aryl methyl sites for hydroxylation is 1. The topological polar surface area (TPSA) is 75.4 Å². The van der Waals surface area contributed by atoms with Gasteiger partial charge in [0, 0.05) is 19.3 Å². The van der Waals surface area contributed by atoms with Crippen LogP contribution in [-0.4, -0.2) is 44.8 Å². The van der Waals surface area contributed by atoms with Gasteiger partial charge in [0.25, 0.3) is 0 Å². The Hall–Kier alpha value is -1.56. The third-order valence-electron chi connectivity index (χ3n) is 3.38. The first kappa shape index (κ1) is 13.9. The van der Waals surface area contributed by atoms with E-state index < -0.39 is 5.97 Å². The number of likely N-dealkylation sites (tertiary alicyclic amines) is 1. The minimum absolute atomic E-state index is 0.0528. The van der Waals surface area contributed by atoms with E-state index >= 15 is 0 Å². The van der Waals surface area contributed by atoms with E-state index in [1.807, 2.05) is 0 Å². The number of carbonyl (C=O) groups is 2. The van der Waals surface area contributed by atoms with E-state index in [2.05, 4.69) is 5.10 Å². The summed E-state index contributed by atoms with van der Waals surface area (Å²) in [7, 11) is 0. The highest BCUT2D eigenvalue weighted by Crippen LogP contribution is 2.18. The molecule has 1 aromatic heterocycles. The van der Waals surface area contributed by atoms with E-state index in [4.69, 9.17) is 16.7 Å². The van der Waals surface area contributed by atoms with Crippen LogP contribution in [0, 0.1) is 12.8 Å². The van der Waals surface area contributed by atoms with Gasteiger partial charge in [0.2, 0.25) is 5.91 Å². The fourth-order valence-electron chi connectivity index (χ4n) is 2.19. The van der Waals surface area contributed by atoms with Crippen LogP contribution in [0.4, 0.5) is 0 Å². The van der Waals surface area contributed by atoms with E-state index in [0.29, 0.717) is 36.6 Å². The van der Waals surface area contributed by atoms with E-state index in [9.17, 15) is 9.59 Å². The lowest BCUT2D eigenvalue weighted by Crippen LogP contribution is -2.41. The van der Waals surface area contributed by atoms with Crippen molar-refractivity contribution < 1.29 is 14.7 Å². The van der Waals surface area contributed by atoms with Crippen LogP contribution in [0.5, 0.6) is 0 Å². The van der Waals surface area contributed by atoms with Gasteiger partial charge in [-0.05, 0) is 19.8 Å². The molecule has 2 heterocycles. The van der Waals surface area contributed by atoms with Crippen LogP contribution in [0.3, 0.4) is 0 Å². The van der Waals surface area contributed by atoms with Crippen LogP contribution in [0.25, 0.3) is 0 Å². The Morgan fingerprint density at radius 3 is 2.58 bits per heavy atom. The molecule has 0 spiro atoms. The highest BCUT2D eigenvalue weighted by atomic mass is 35.5. The highest BCUT2D eigenvalue weighted by Gasteiger charge is 2.27. The first-order valence-corrected chi connectivity index (χ1v) is 6.55. The molecular weight excluding hydrogens is 270 g/mol. The van der Waals surface area contributed by atoms with Crippen molar-refractivity contribution in [3.05, 3.63) is 16.9 Å². The molecule has 1 aliphatic heterocycles. The molecule has 0 radical (unpaired) electrons. The Morgan fingerprint density at radius 2 is 2.11 bits per heavy atom. The average Bonchev–Trinajstić information content (AvgIpc) is 2.68. The standard InChI is InChI=1S/C12H16ClN3O3/c1-8-10(13)6-16(14-8)7-11(17)15-4-2-9(3-5-15)12(18)19/h6,9H,2-5,7H2,1H3,(H,18,19). The zero-order valence-electron chi connectivity index (χ0n) is 10.7. The average molecular weight is 286 g/mol. The second-order valence-corrected chi connectivity index (χ2v) is 5.16. The first-order valence-electron chi connectivity index (χ1n) is 6.17. The maximum atomic E-state index is 12.0. The largest absolute Gasteiger partial charge is 0.481 e. The molecule has 2 rings (SSSR count). The minimum Gasteiger partial charge on any atom is -0.481 e. The van der Waals surface area contributed by atoms with Crippen molar-refractivity contribution in [1.29, 1.82) is 0 Å². The lowest BCUT2D eigenvalue weighted by atomic mass is 9.97. The number of rotatable bonds is 3. The molecule has 1 aromatic rings. The summed E-state index contributed by atoms with van der Waals surface area (Å²) < 4.78 is 1.52. The van der Waals surface area contributed by atoms with E-state index in [1.54, 1.807) is 18.0 Å². The van der Waals surface area contributed by atoms with Gasteiger partial charge in [-0.25, -0.2) is 0 Å². The van der Waals surface area contributed by atoms with Crippen molar-refractivity contribution in [3.8, 4) is 0 Å². The van der Waals surface area contributed by atoms with Gasteiger partial charge in [-0.1, -0.05) is 11.6 Å². The van der Waals surface area contributed by atoms with Crippen LogP contribution in [0.15, 0.2) is 6.20 Å². The quantitative estimate of drug-likeness (QED) is 0.904. The first-order chi connectivity index (χ1) is 8.97. The van der Waals surface area contributed by atoms with Crippen molar-refractivity contribution in [2.24, 2.45) is 5.92 Å². The predicted octanol–water partition coefficient (Wildman–Crippen LogP) is 1.17. The number of carboxylic acid groups (broad SMARTS) is 1. The van der Waals surface area contributed by atoms with Crippen LogP contribution in [-0.2, 0) is 16.1 Å². The normalized spacial score (nSPS) is 16.6. The van der Waals surface area contributed by atoms with E-state index in [-0.39, 0.29) is 18.4 Å². The van der Waals surface area contributed by atoms with Gasteiger partial charge in [-0.3, -0.25) is 14.3 Å². The number of carbonyl (C=O) groups excluding carboxylic acids is 1. The monoisotopic (exact) mass is 285 g/mol. The molecular formula is C12H16ClN3O3. The van der Waals surface area contributed by atoms with Gasteiger partial charge in [0.15, 0.2) is 0 Å². The Morgan fingerprint density at radius 1 is 1.47 bits per heavy atom. The lowest BCUT2D eigenvalue weighted by molar-refractivity contribution is -0.145. The van der Waals surface area contributed by atoms with E-state index in [1.165, 1.54) is 4.68 Å². The molecule has 104 valence electrons. The summed E-state index contributed by atoms with van der Waals surface area (Å²) in [4.78, 5) is 24.6. The molecule has 0 aliphatic carbocycles. The summed E-state index contributed by atoms with van der Waals surface area (Å²) in [5, 5.41) is 13.6. The number of carboxylic acids is 1. The van der Waals surface area contributed by atoms with Crippen molar-refractivity contribution in [3.63, 3.8) is 0 Å².